The van der Waals surface area contributed by atoms with Crippen LogP contribution < -0.4 is 0 Å². The van der Waals surface area contributed by atoms with Crippen LogP contribution in [0, 0.1) is 5.92 Å². The summed E-state index contributed by atoms with van der Waals surface area (Å²) in [5.74, 6) is -0.177. The molecule has 33 heavy (non-hydrogen) atoms. The molecule has 0 radical (unpaired) electrons. The summed E-state index contributed by atoms with van der Waals surface area (Å²) in [5, 5.41) is 0. The molecule has 1 atom stereocenters. The Balaban J connectivity index is 1.43. The molecule has 0 bridgehead atoms. The molecular formula is C25H34N4O3S. The standard InChI is InChI=1S/C25H34N4O3S/c1-26(2)33(31,32)29-15-9-14-23(20-29)25(30)28-18-16-27(17-19-28)24(21-10-5-3-6-11-21)22-12-7-4-8-13-22/h3-8,10-13,23-24H,9,14-20H2,1-2H3. The van der Waals surface area contributed by atoms with Crippen molar-refractivity contribution in [2.75, 3.05) is 53.4 Å². The predicted molar refractivity (Wildman–Crippen MR) is 130 cm³/mol. The Morgan fingerprint density at radius 2 is 1.42 bits per heavy atom. The molecule has 1 amide bonds. The lowest BCUT2D eigenvalue weighted by atomic mass is 9.95. The summed E-state index contributed by atoms with van der Waals surface area (Å²) in [6.07, 6.45) is 1.46. The van der Waals surface area contributed by atoms with Gasteiger partial charge in [-0.2, -0.15) is 17.0 Å². The van der Waals surface area contributed by atoms with E-state index in [9.17, 15) is 13.2 Å². The fourth-order valence-electron chi connectivity index (χ4n) is 4.93. The van der Waals surface area contributed by atoms with Crippen molar-refractivity contribution in [3.63, 3.8) is 0 Å². The van der Waals surface area contributed by atoms with E-state index >= 15 is 0 Å². The van der Waals surface area contributed by atoms with Crippen LogP contribution in [0.2, 0.25) is 0 Å². The average molecular weight is 471 g/mol. The normalized spacial score (nSPS) is 21.0. The molecule has 0 spiro atoms. The van der Waals surface area contributed by atoms with Crippen molar-refractivity contribution < 1.29 is 13.2 Å². The molecule has 2 aliphatic rings. The molecule has 2 aromatic rings. The summed E-state index contributed by atoms with van der Waals surface area (Å²) in [7, 11) is -0.416. The highest BCUT2D eigenvalue weighted by Crippen LogP contribution is 2.30. The molecule has 0 N–H and O–H groups in total. The lowest BCUT2D eigenvalue weighted by Crippen LogP contribution is -2.54. The number of nitrogens with zero attached hydrogens (tertiary/aromatic N) is 4. The highest BCUT2D eigenvalue weighted by molar-refractivity contribution is 7.86. The van der Waals surface area contributed by atoms with Crippen molar-refractivity contribution in [2.45, 2.75) is 18.9 Å². The zero-order valence-electron chi connectivity index (χ0n) is 19.5. The van der Waals surface area contributed by atoms with E-state index in [4.69, 9.17) is 0 Å². The Morgan fingerprint density at radius 1 is 0.879 bits per heavy atom. The van der Waals surface area contributed by atoms with Gasteiger partial charge >= 0.3 is 0 Å². The molecule has 4 rings (SSSR count). The molecule has 1 unspecified atom stereocenters. The van der Waals surface area contributed by atoms with Crippen molar-refractivity contribution in [3.05, 3.63) is 71.8 Å². The first-order valence-electron chi connectivity index (χ1n) is 11.7. The van der Waals surface area contributed by atoms with Crippen molar-refractivity contribution >= 4 is 16.1 Å². The van der Waals surface area contributed by atoms with E-state index in [2.05, 4.69) is 53.4 Å². The zero-order chi connectivity index (χ0) is 23.4. The first kappa shape index (κ1) is 23.9. The third-order valence-corrected chi connectivity index (χ3v) is 8.65. The van der Waals surface area contributed by atoms with Crippen LogP contribution >= 0.6 is 0 Å². The Bertz CT molecular complexity index is 983. The smallest absolute Gasteiger partial charge is 0.281 e. The van der Waals surface area contributed by atoms with Crippen molar-refractivity contribution in [1.82, 2.24) is 18.4 Å². The fourth-order valence-corrected chi connectivity index (χ4v) is 6.12. The highest BCUT2D eigenvalue weighted by atomic mass is 32.2. The Morgan fingerprint density at radius 3 is 1.94 bits per heavy atom. The number of piperazine rings is 1. The van der Waals surface area contributed by atoms with Crippen LogP contribution in [0.1, 0.15) is 30.0 Å². The maximum Gasteiger partial charge on any atom is 0.281 e. The average Bonchev–Trinajstić information content (AvgIpc) is 2.85. The number of hydrogen-bond acceptors (Lipinski definition) is 4. The largest absolute Gasteiger partial charge is 0.340 e. The summed E-state index contributed by atoms with van der Waals surface area (Å²) >= 11 is 0. The predicted octanol–water partition coefficient (Wildman–Crippen LogP) is 2.44. The molecule has 8 heteroatoms. The van der Waals surface area contributed by atoms with E-state index in [0.717, 1.165) is 19.5 Å². The maximum absolute atomic E-state index is 13.3. The van der Waals surface area contributed by atoms with Crippen LogP contribution in [-0.4, -0.2) is 86.1 Å². The third-order valence-electron chi connectivity index (χ3n) is 6.74. The number of carbonyl (C=O) groups excluding carboxylic acids is 1. The van der Waals surface area contributed by atoms with Gasteiger partial charge in [0.1, 0.15) is 0 Å². The van der Waals surface area contributed by atoms with Gasteiger partial charge in [-0.05, 0) is 24.0 Å². The van der Waals surface area contributed by atoms with E-state index in [0.29, 0.717) is 26.1 Å². The topological polar surface area (TPSA) is 64.2 Å². The van der Waals surface area contributed by atoms with Crippen LogP contribution in [0.5, 0.6) is 0 Å². The minimum atomic E-state index is -3.49. The second kappa shape index (κ2) is 10.3. The summed E-state index contributed by atoms with van der Waals surface area (Å²) in [6, 6.07) is 21.2. The van der Waals surface area contributed by atoms with Crippen LogP contribution in [-0.2, 0) is 15.0 Å². The van der Waals surface area contributed by atoms with Gasteiger partial charge in [0.25, 0.3) is 10.2 Å². The van der Waals surface area contributed by atoms with E-state index in [1.54, 1.807) is 0 Å². The van der Waals surface area contributed by atoms with Gasteiger partial charge in [0, 0.05) is 53.4 Å². The van der Waals surface area contributed by atoms with E-state index in [-0.39, 0.29) is 24.4 Å². The molecule has 2 heterocycles. The molecule has 0 aliphatic carbocycles. The number of rotatable bonds is 6. The molecule has 7 nitrogen and oxygen atoms in total. The van der Waals surface area contributed by atoms with Crippen LogP contribution in [0.25, 0.3) is 0 Å². The summed E-state index contributed by atoms with van der Waals surface area (Å²) in [5.41, 5.74) is 2.50. The molecular weight excluding hydrogens is 436 g/mol. The van der Waals surface area contributed by atoms with Gasteiger partial charge in [-0.25, -0.2) is 0 Å². The lowest BCUT2D eigenvalue weighted by Gasteiger charge is -2.41. The molecule has 178 valence electrons. The first-order valence-corrected chi connectivity index (χ1v) is 13.1. The molecule has 0 saturated carbocycles. The van der Waals surface area contributed by atoms with E-state index < -0.39 is 10.2 Å². The van der Waals surface area contributed by atoms with Crippen molar-refractivity contribution in [1.29, 1.82) is 0 Å². The van der Waals surface area contributed by atoms with Crippen molar-refractivity contribution in [2.24, 2.45) is 5.92 Å². The Labute approximate surface area is 197 Å². The van der Waals surface area contributed by atoms with Gasteiger partial charge in [0.2, 0.25) is 5.91 Å². The van der Waals surface area contributed by atoms with Gasteiger partial charge in [-0.1, -0.05) is 60.7 Å². The second-order valence-corrected chi connectivity index (χ2v) is 11.2. The Kier molecular flexibility index (Phi) is 7.48. The minimum absolute atomic E-state index is 0.0873. The summed E-state index contributed by atoms with van der Waals surface area (Å²) < 4.78 is 27.8. The number of amides is 1. The molecule has 2 aromatic carbocycles. The molecule has 2 fully saturated rings. The number of benzene rings is 2. The number of hydrogen-bond donors (Lipinski definition) is 0. The summed E-state index contributed by atoms with van der Waals surface area (Å²) in [6.45, 7) is 3.64. The maximum atomic E-state index is 13.3. The van der Waals surface area contributed by atoms with Crippen LogP contribution in [0.3, 0.4) is 0 Å². The van der Waals surface area contributed by atoms with Gasteiger partial charge in [0.15, 0.2) is 0 Å². The monoisotopic (exact) mass is 470 g/mol. The van der Waals surface area contributed by atoms with Gasteiger partial charge in [-0.3, -0.25) is 9.69 Å². The fraction of sp³-hybridized carbons (Fsp3) is 0.480. The van der Waals surface area contributed by atoms with E-state index in [1.165, 1.54) is 33.8 Å². The van der Waals surface area contributed by atoms with Crippen LogP contribution in [0.4, 0.5) is 0 Å². The number of carbonyl (C=O) groups is 1. The quantitative estimate of drug-likeness (QED) is 0.651. The van der Waals surface area contributed by atoms with Gasteiger partial charge < -0.3 is 4.90 Å². The zero-order valence-corrected chi connectivity index (χ0v) is 20.3. The van der Waals surface area contributed by atoms with Crippen LogP contribution in [0.15, 0.2) is 60.7 Å². The molecule has 0 aromatic heterocycles. The van der Waals surface area contributed by atoms with E-state index in [1.807, 2.05) is 17.0 Å². The van der Waals surface area contributed by atoms with Gasteiger partial charge in [0.05, 0.1) is 12.0 Å². The minimum Gasteiger partial charge on any atom is -0.340 e. The number of piperidine rings is 1. The second-order valence-electron chi connectivity index (χ2n) is 9.07. The summed E-state index contributed by atoms with van der Waals surface area (Å²) in [4.78, 5) is 17.7. The van der Waals surface area contributed by atoms with Crippen molar-refractivity contribution in [3.8, 4) is 0 Å². The third kappa shape index (κ3) is 5.30. The lowest BCUT2D eigenvalue weighted by molar-refractivity contribution is -0.138. The SMILES string of the molecule is CN(C)S(=O)(=O)N1CCCC(C(=O)N2CCN(C(c3ccccc3)c3ccccc3)CC2)C1. The Hall–Kier alpha value is -2.26. The van der Waals surface area contributed by atoms with Gasteiger partial charge in [-0.15, -0.1) is 0 Å². The molecule has 2 saturated heterocycles. The highest BCUT2D eigenvalue weighted by Gasteiger charge is 2.36. The molecule has 2 aliphatic heterocycles. The first-order chi connectivity index (χ1) is 15.9.